The van der Waals surface area contributed by atoms with Gasteiger partial charge in [0.05, 0.1) is 5.56 Å². The van der Waals surface area contributed by atoms with Crippen LogP contribution in [0, 0.1) is 5.82 Å². The van der Waals surface area contributed by atoms with Gasteiger partial charge in [0.25, 0.3) is 5.91 Å². The molecule has 0 saturated heterocycles. The Bertz CT molecular complexity index is 1400. The van der Waals surface area contributed by atoms with E-state index in [9.17, 15) is 22.4 Å². The fourth-order valence-electron chi connectivity index (χ4n) is 4.02. The van der Waals surface area contributed by atoms with Crippen LogP contribution in [-0.2, 0) is 17.5 Å². The van der Waals surface area contributed by atoms with Crippen molar-refractivity contribution in [2.75, 3.05) is 5.32 Å². The van der Waals surface area contributed by atoms with Crippen molar-refractivity contribution >= 4 is 34.1 Å². The van der Waals surface area contributed by atoms with E-state index in [1.54, 1.807) is 12.1 Å². The summed E-state index contributed by atoms with van der Waals surface area (Å²) in [5.41, 5.74) is 2.47. The van der Waals surface area contributed by atoms with Crippen LogP contribution in [0.4, 0.5) is 23.2 Å². The third-order valence-electron chi connectivity index (χ3n) is 5.49. The Kier molecular flexibility index (Phi) is 4.62. The molecular formula is C25H16F4N2O. The van der Waals surface area contributed by atoms with Crippen molar-refractivity contribution in [2.45, 2.75) is 12.7 Å². The minimum Gasteiger partial charge on any atom is -0.342 e. The number of alkyl halides is 3. The van der Waals surface area contributed by atoms with Crippen molar-refractivity contribution in [3.05, 3.63) is 101 Å². The molecule has 0 spiro atoms. The van der Waals surface area contributed by atoms with E-state index in [1.165, 1.54) is 18.2 Å². The number of amides is 1. The maximum atomic E-state index is 13.6. The number of nitrogens with zero attached hydrogens (tertiary/aromatic N) is 1. The summed E-state index contributed by atoms with van der Waals surface area (Å²) >= 11 is 0. The quantitative estimate of drug-likeness (QED) is 0.295. The van der Waals surface area contributed by atoms with Gasteiger partial charge in [0, 0.05) is 46.0 Å². The van der Waals surface area contributed by atoms with Crippen LogP contribution in [-0.4, -0.2) is 10.5 Å². The molecule has 0 aliphatic carbocycles. The van der Waals surface area contributed by atoms with Gasteiger partial charge >= 0.3 is 6.18 Å². The Morgan fingerprint density at radius 3 is 2.56 bits per heavy atom. The van der Waals surface area contributed by atoms with Gasteiger partial charge in [-0.3, -0.25) is 4.79 Å². The van der Waals surface area contributed by atoms with E-state index < -0.39 is 17.6 Å². The van der Waals surface area contributed by atoms with Crippen LogP contribution in [0.2, 0.25) is 0 Å². The number of hydrogen-bond donors (Lipinski definition) is 1. The average molecular weight is 436 g/mol. The van der Waals surface area contributed by atoms with Crippen molar-refractivity contribution in [3.8, 4) is 0 Å². The number of hydrogen-bond acceptors (Lipinski definition) is 1. The summed E-state index contributed by atoms with van der Waals surface area (Å²) in [4.78, 5) is 12.6. The molecule has 0 fully saturated rings. The van der Waals surface area contributed by atoms with Crippen molar-refractivity contribution < 1.29 is 22.4 Å². The largest absolute Gasteiger partial charge is 0.416 e. The van der Waals surface area contributed by atoms with Crippen molar-refractivity contribution in [3.63, 3.8) is 0 Å². The van der Waals surface area contributed by atoms with Crippen LogP contribution in [0.1, 0.15) is 22.3 Å². The molecule has 0 saturated carbocycles. The summed E-state index contributed by atoms with van der Waals surface area (Å²) in [7, 11) is 0. The van der Waals surface area contributed by atoms with Crippen LogP contribution in [0.3, 0.4) is 0 Å². The number of rotatable bonds is 3. The van der Waals surface area contributed by atoms with E-state index >= 15 is 0 Å². The lowest BCUT2D eigenvalue weighted by Crippen LogP contribution is -2.06. The fraction of sp³-hybridized carbons (Fsp3) is 0.0800. The SMILES string of the molecule is O=C1Nc2cc(C(F)(F)F)ccc2/C1=C\c1cn(Cc2cccc(F)c2)c2ccccc12. The van der Waals surface area contributed by atoms with E-state index in [1.807, 2.05) is 41.1 Å². The summed E-state index contributed by atoms with van der Waals surface area (Å²) in [6, 6.07) is 17.1. The number of anilines is 1. The summed E-state index contributed by atoms with van der Waals surface area (Å²) in [5.74, 6) is -0.778. The number of nitrogens with one attached hydrogen (secondary N) is 1. The molecule has 1 aromatic heterocycles. The molecule has 3 aromatic carbocycles. The van der Waals surface area contributed by atoms with E-state index in [0.717, 1.165) is 34.2 Å². The van der Waals surface area contributed by atoms with E-state index in [-0.39, 0.29) is 11.5 Å². The fourth-order valence-corrected chi connectivity index (χ4v) is 4.02. The number of carbonyl (C=O) groups is 1. The highest BCUT2D eigenvalue weighted by atomic mass is 19.4. The predicted molar refractivity (Wildman–Crippen MR) is 115 cm³/mol. The van der Waals surface area contributed by atoms with Crippen LogP contribution in [0.15, 0.2) is 72.9 Å². The Hall–Kier alpha value is -3.87. The van der Waals surface area contributed by atoms with Crippen LogP contribution >= 0.6 is 0 Å². The molecule has 1 aliphatic heterocycles. The highest BCUT2D eigenvalue weighted by molar-refractivity contribution is 6.35. The monoisotopic (exact) mass is 436 g/mol. The summed E-state index contributed by atoms with van der Waals surface area (Å²) in [6.45, 7) is 0.430. The van der Waals surface area contributed by atoms with Crippen molar-refractivity contribution in [1.29, 1.82) is 0 Å². The number of carbonyl (C=O) groups excluding carboxylic acids is 1. The summed E-state index contributed by atoms with van der Waals surface area (Å²) in [6.07, 6.45) is -0.951. The Balaban J connectivity index is 1.59. The second-order valence-electron chi connectivity index (χ2n) is 7.63. The van der Waals surface area contributed by atoms with Crippen LogP contribution in [0.25, 0.3) is 22.6 Å². The highest BCUT2D eigenvalue weighted by Crippen LogP contribution is 2.39. The Morgan fingerprint density at radius 2 is 1.78 bits per heavy atom. The third-order valence-corrected chi connectivity index (χ3v) is 5.49. The van der Waals surface area contributed by atoms with Gasteiger partial charge in [0.1, 0.15) is 5.82 Å². The second-order valence-corrected chi connectivity index (χ2v) is 7.63. The standard InChI is InChI=1S/C25H16F4N2O/c26-18-5-3-4-15(10-18)13-31-14-16(19-6-1-2-7-23(19)31)11-21-20-9-8-17(25(27,28)29)12-22(20)30-24(21)32/h1-12,14H,13H2,(H,30,32)/b21-11+. The second kappa shape index (κ2) is 7.37. The number of halogens is 4. The van der Waals surface area contributed by atoms with Gasteiger partial charge in [0.15, 0.2) is 0 Å². The van der Waals surface area contributed by atoms with Crippen LogP contribution in [0.5, 0.6) is 0 Å². The molecule has 0 unspecified atom stereocenters. The zero-order chi connectivity index (χ0) is 22.5. The molecule has 0 bridgehead atoms. The smallest absolute Gasteiger partial charge is 0.342 e. The van der Waals surface area contributed by atoms with Gasteiger partial charge in [-0.15, -0.1) is 0 Å². The first kappa shape index (κ1) is 20.1. The molecule has 0 atom stereocenters. The van der Waals surface area contributed by atoms with Crippen molar-refractivity contribution in [2.24, 2.45) is 0 Å². The summed E-state index contributed by atoms with van der Waals surface area (Å²) in [5, 5.41) is 3.40. The molecule has 1 N–H and O–H groups in total. The van der Waals surface area contributed by atoms with Gasteiger partial charge in [-0.2, -0.15) is 13.2 Å². The molecule has 4 aromatic rings. The molecule has 7 heteroatoms. The average Bonchev–Trinajstić information content (AvgIpc) is 3.25. The maximum absolute atomic E-state index is 13.6. The van der Waals surface area contributed by atoms with E-state index in [2.05, 4.69) is 5.32 Å². The van der Waals surface area contributed by atoms with E-state index in [4.69, 9.17) is 0 Å². The minimum atomic E-state index is -4.49. The maximum Gasteiger partial charge on any atom is 0.416 e. The molecular weight excluding hydrogens is 420 g/mol. The van der Waals surface area contributed by atoms with Gasteiger partial charge < -0.3 is 9.88 Å². The lowest BCUT2D eigenvalue weighted by atomic mass is 10.0. The summed E-state index contributed by atoms with van der Waals surface area (Å²) < 4.78 is 54.6. The molecule has 2 heterocycles. The van der Waals surface area contributed by atoms with E-state index in [0.29, 0.717) is 17.7 Å². The normalized spacial score (nSPS) is 14.8. The first-order chi connectivity index (χ1) is 15.3. The molecule has 160 valence electrons. The lowest BCUT2D eigenvalue weighted by Gasteiger charge is -2.08. The number of benzene rings is 3. The first-order valence-electron chi connectivity index (χ1n) is 9.86. The first-order valence-corrected chi connectivity index (χ1v) is 9.86. The molecule has 5 rings (SSSR count). The van der Waals surface area contributed by atoms with Crippen molar-refractivity contribution in [1.82, 2.24) is 4.57 Å². The predicted octanol–water partition coefficient (Wildman–Crippen LogP) is 6.34. The minimum absolute atomic E-state index is 0.138. The Morgan fingerprint density at radius 1 is 0.969 bits per heavy atom. The number of aromatic nitrogens is 1. The van der Waals surface area contributed by atoms with Gasteiger partial charge in [-0.05, 0) is 42.0 Å². The third kappa shape index (κ3) is 3.56. The molecule has 1 amide bonds. The molecule has 32 heavy (non-hydrogen) atoms. The van der Waals surface area contributed by atoms with Gasteiger partial charge in [0.2, 0.25) is 0 Å². The van der Waals surface area contributed by atoms with Crippen LogP contribution < -0.4 is 5.32 Å². The van der Waals surface area contributed by atoms with Gasteiger partial charge in [-0.1, -0.05) is 36.4 Å². The van der Waals surface area contributed by atoms with Gasteiger partial charge in [-0.25, -0.2) is 4.39 Å². The zero-order valence-electron chi connectivity index (χ0n) is 16.6. The topological polar surface area (TPSA) is 34.0 Å². The molecule has 3 nitrogen and oxygen atoms in total. The number of para-hydroxylation sites is 1. The molecule has 1 aliphatic rings. The highest BCUT2D eigenvalue weighted by Gasteiger charge is 2.33. The number of fused-ring (bicyclic) bond motifs is 2. The molecule has 0 radical (unpaired) electrons. The lowest BCUT2D eigenvalue weighted by molar-refractivity contribution is -0.137. The Labute approximate surface area is 180 Å². The zero-order valence-corrected chi connectivity index (χ0v) is 16.6.